The first-order valence-corrected chi connectivity index (χ1v) is 2.96. The number of rotatable bonds is 2. The van der Waals surface area contributed by atoms with Gasteiger partial charge in [-0.15, -0.1) is 0 Å². The summed E-state index contributed by atoms with van der Waals surface area (Å²) in [4.78, 5) is 20.5. The number of aliphatic carboxylic acids is 1. The van der Waals surface area contributed by atoms with E-state index < -0.39 is 17.9 Å². The molecule has 0 radical (unpaired) electrons. The molecule has 2 heterocycles. The second-order valence-electron chi connectivity index (χ2n) is 2.30. The quantitative estimate of drug-likeness (QED) is 0.421. The van der Waals surface area contributed by atoms with Gasteiger partial charge < -0.3 is 14.6 Å². The fourth-order valence-electron chi connectivity index (χ4n) is 1.02. The van der Waals surface area contributed by atoms with Gasteiger partial charge in [-0.05, 0) is 6.08 Å². The van der Waals surface area contributed by atoms with Gasteiger partial charge in [-0.2, -0.15) is 0 Å². The molecule has 0 aromatic heterocycles. The number of carbonyl (C=O) groups excluding carboxylic acids is 1. The van der Waals surface area contributed by atoms with Crippen molar-refractivity contribution in [2.75, 3.05) is 0 Å². The predicted octanol–water partition coefficient (Wildman–Crippen LogP) is -0.721. The highest BCUT2D eigenvalue weighted by Crippen LogP contribution is 2.45. The molecule has 0 aliphatic carbocycles. The van der Waals surface area contributed by atoms with Crippen molar-refractivity contribution in [1.29, 1.82) is 0 Å². The van der Waals surface area contributed by atoms with Crippen LogP contribution in [0.5, 0.6) is 0 Å². The molecule has 2 unspecified atom stereocenters. The van der Waals surface area contributed by atoms with Gasteiger partial charge in [-0.3, -0.25) is 4.79 Å². The van der Waals surface area contributed by atoms with E-state index in [4.69, 9.17) is 9.84 Å². The third kappa shape index (κ3) is 0.627. The predicted molar refractivity (Wildman–Crippen MR) is 30.5 cm³/mol. The molecule has 0 aromatic carbocycles. The van der Waals surface area contributed by atoms with E-state index in [-0.39, 0.29) is 5.76 Å². The number of allylic oxidation sites excluding steroid dienone is 1. The molecule has 0 bridgehead atoms. The van der Waals surface area contributed by atoms with E-state index in [0.29, 0.717) is 6.29 Å². The number of carboxylic acid groups (broad SMARTS) is 1. The molecule has 2 rings (SSSR count). The maximum absolute atomic E-state index is 10.4. The van der Waals surface area contributed by atoms with Crippen LogP contribution >= 0.6 is 0 Å². The van der Waals surface area contributed by atoms with Gasteiger partial charge in [0.25, 0.3) is 0 Å². The summed E-state index contributed by atoms with van der Waals surface area (Å²) >= 11 is 0. The fourth-order valence-corrected chi connectivity index (χ4v) is 1.02. The Kier molecular flexibility index (Phi) is 0.937. The van der Waals surface area contributed by atoms with E-state index in [9.17, 15) is 9.59 Å². The summed E-state index contributed by atoms with van der Waals surface area (Å²) in [6.07, 6.45) is 1.22. The van der Waals surface area contributed by atoms with Crippen molar-refractivity contribution in [1.82, 2.24) is 0 Å². The van der Waals surface area contributed by atoms with Crippen molar-refractivity contribution in [3.8, 4) is 0 Å². The van der Waals surface area contributed by atoms with Crippen LogP contribution in [0.1, 0.15) is 0 Å². The molecule has 5 heteroatoms. The summed E-state index contributed by atoms with van der Waals surface area (Å²) < 4.78 is 9.38. The summed E-state index contributed by atoms with van der Waals surface area (Å²) in [6, 6.07) is 0. The van der Waals surface area contributed by atoms with E-state index >= 15 is 0 Å². The number of ether oxygens (including phenoxy) is 2. The van der Waals surface area contributed by atoms with E-state index in [1.807, 2.05) is 0 Å². The molecule has 1 N–H and O–H groups in total. The van der Waals surface area contributed by atoms with E-state index in [1.54, 1.807) is 0 Å². The average molecular weight is 156 g/mol. The van der Waals surface area contributed by atoms with Crippen LogP contribution in [-0.2, 0) is 19.1 Å². The SMILES string of the molecule is O=CC1=CC2OC2(C(=O)O)O1. The van der Waals surface area contributed by atoms with E-state index in [0.717, 1.165) is 0 Å². The molecule has 11 heavy (non-hydrogen) atoms. The molecule has 2 aliphatic heterocycles. The van der Waals surface area contributed by atoms with Crippen molar-refractivity contribution in [2.24, 2.45) is 0 Å². The molecule has 1 fully saturated rings. The van der Waals surface area contributed by atoms with Crippen LogP contribution in [0.25, 0.3) is 0 Å². The fraction of sp³-hybridized carbons (Fsp3) is 0.333. The topological polar surface area (TPSA) is 76.1 Å². The Labute approximate surface area is 61.2 Å². The molecule has 2 aliphatic rings. The molecule has 0 aromatic rings. The highest BCUT2D eigenvalue weighted by atomic mass is 16.8. The van der Waals surface area contributed by atoms with Crippen LogP contribution in [0.3, 0.4) is 0 Å². The number of hydrogen-bond acceptors (Lipinski definition) is 4. The van der Waals surface area contributed by atoms with Crippen molar-refractivity contribution in [3.05, 3.63) is 11.8 Å². The van der Waals surface area contributed by atoms with Gasteiger partial charge in [0.1, 0.15) is 0 Å². The first-order chi connectivity index (χ1) is 5.19. The highest BCUT2D eigenvalue weighted by Gasteiger charge is 2.69. The highest BCUT2D eigenvalue weighted by molar-refractivity contribution is 5.84. The normalized spacial score (nSPS) is 38.5. The van der Waals surface area contributed by atoms with Gasteiger partial charge in [-0.25, -0.2) is 4.79 Å². The van der Waals surface area contributed by atoms with Gasteiger partial charge in [0.15, 0.2) is 18.1 Å². The van der Waals surface area contributed by atoms with Crippen LogP contribution in [0.2, 0.25) is 0 Å². The molecular weight excluding hydrogens is 152 g/mol. The third-order valence-electron chi connectivity index (χ3n) is 1.62. The van der Waals surface area contributed by atoms with Crippen molar-refractivity contribution in [3.63, 3.8) is 0 Å². The van der Waals surface area contributed by atoms with Crippen molar-refractivity contribution >= 4 is 12.3 Å². The first kappa shape index (κ1) is 6.36. The largest absolute Gasteiger partial charge is 0.476 e. The zero-order valence-electron chi connectivity index (χ0n) is 5.31. The van der Waals surface area contributed by atoms with Crippen LogP contribution in [0.15, 0.2) is 11.8 Å². The molecule has 0 amide bonds. The Hall–Kier alpha value is -1.36. The van der Waals surface area contributed by atoms with Gasteiger partial charge in [-0.1, -0.05) is 0 Å². The molecule has 0 spiro atoms. The Morgan fingerprint density at radius 2 is 2.55 bits per heavy atom. The molecular formula is C6H4O5. The van der Waals surface area contributed by atoms with Gasteiger partial charge in [0.05, 0.1) is 0 Å². The number of epoxide rings is 1. The monoisotopic (exact) mass is 156 g/mol. The van der Waals surface area contributed by atoms with Crippen molar-refractivity contribution in [2.45, 2.75) is 11.9 Å². The number of fused-ring (bicyclic) bond motifs is 1. The molecule has 58 valence electrons. The average Bonchev–Trinajstić information content (AvgIpc) is 2.56. The Morgan fingerprint density at radius 3 is 2.91 bits per heavy atom. The lowest BCUT2D eigenvalue weighted by atomic mass is 10.3. The van der Waals surface area contributed by atoms with Crippen molar-refractivity contribution < 1.29 is 24.2 Å². The minimum Gasteiger partial charge on any atom is -0.476 e. The second-order valence-corrected chi connectivity index (χ2v) is 2.30. The second kappa shape index (κ2) is 1.62. The zero-order valence-corrected chi connectivity index (χ0v) is 5.31. The zero-order chi connectivity index (χ0) is 8.06. The summed E-state index contributed by atoms with van der Waals surface area (Å²) in [6.45, 7) is 0. The van der Waals surface area contributed by atoms with Crippen LogP contribution in [0.4, 0.5) is 0 Å². The lowest BCUT2D eigenvalue weighted by Crippen LogP contribution is -2.26. The Balaban J connectivity index is 2.21. The molecule has 5 nitrogen and oxygen atoms in total. The number of hydrogen-bond donors (Lipinski definition) is 1. The van der Waals surface area contributed by atoms with Gasteiger partial charge in [0.2, 0.25) is 0 Å². The summed E-state index contributed by atoms with van der Waals surface area (Å²) in [5.74, 6) is -2.74. The number of aldehydes is 1. The third-order valence-corrected chi connectivity index (χ3v) is 1.62. The summed E-state index contributed by atoms with van der Waals surface area (Å²) in [5.41, 5.74) is 0. The van der Waals surface area contributed by atoms with Crippen LogP contribution in [-0.4, -0.2) is 29.3 Å². The number of carboxylic acids is 1. The first-order valence-electron chi connectivity index (χ1n) is 2.96. The van der Waals surface area contributed by atoms with Gasteiger partial charge >= 0.3 is 11.8 Å². The van der Waals surface area contributed by atoms with Gasteiger partial charge in [0, 0.05) is 0 Å². The maximum atomic E-state index is 10.4. The lowest BCUT2D eigenvalue weighted by Gasteiger charge is -2.04. The van der Waals surface area contributed by atoms with Crippen LogP contribution in [0, 0.1) is 0 Å². The minimum absolute atomic E-state index is 0.0312. The van der Waals surface area contributed by atoms with E-state index in [1.165, 1.54) is 6.08 Å². The minimum atomic E-state index is -1.57. The van der Waals surface area contributed by atoms with Crippen LogP contribution < -0.4 is 0 Å². The summed E-state index contributed by atoms with van der Waals surface area (Å²) in [5, 5.41) is 8.53. The molecule has 1 saturated heterocycles. The molecule has 0 saturated carbocycles. The number of carbonyl (C=O) groups is 2. The smallest absolute Gasteiger partial charge is 0.380 e. The lowest BCUT2D eigenvalue weighted by molar-refractivity contribution is -0.159. The van der Waals surface area contributed by atoms with E-state index in [2.05, 4.69) is 4.74 Å². The summed E-state index contributed by atoms with van der Waals surface area (Å²) in [7, 11) is 0. The Bertz CT molecular complexity index is 268. The maximum Gasteiger partial charge on any atom is 0.380 e. The standard InChI is InChI=1S/C6H4O5/c7-2-3-1-4-6(10-3,11-4)5(8)9/h1-2,4H,(H,8,9). The molecule has 2 atom stereocenters. The Morgan fingerprint density at radius 1 is 1.82 bits per heavy atom.